The summed E-state index contributed by atoms with van der Waals surface area (Å²) in [5.74, 6) is -0.726. The maximum Gasteiger partial charge on any atom is 0.333 e. The molecular formula is C26H26N2O5S. The summed E-state index contributed by atoms with van der Waals surface area (Å²) in [6, 6.07) is 17.9. The number of aromatic nitrogens is 1. The van der Waals surface area contributed by atoms with Crippen molar-refractivity contribution in [3.05, 3.63) is 79.7 Å². The van der Waals surface area contributed by atoms with Gasteiger partial charge in [-0.15, -0.1) is 11.3 Å². The van der Waals surface area contributed by atoms with E-state index in [1.165, 1.54) is 22.0 Å². The van der Waals surface area contributed by atoms with Gasteiger partial charge in [-0.05, 0) is 29.7 Å². The van der Waals surface area contributed by atoms with Gasteiger partial charge in [0.05, 0.1) is 30.4 Å². The molecular weight excluding hydrogens is 452 g/mol. The molecule has 1 aromatic heterocycles. The Balaban J connectivity index is 1.68. The molecule has 4 rings (SSSR count). The molecule has 0 spiro atoms. The molecule has 0 atom stereocenters. The first-order valence-electron chi connectivity index (χ1n) is 11.2. The fourth-order valence-electron chi connectivity index (χ4n) is 3.68. The number of morpholine rings is 1. The molecule has 1 amide bonds. The Morgan fingerprint density at radius 1 is 1.03 bits per heavy atom. The van der Waals surface area contributed by atoms with E-state index in [0.29, 0.717) is 35.5 Å². The molecule has 0 unspecified atom stereocenters. The molecule has 0 bridgehead atoms. The molecule has 1 aliphatic rings. The van der Waals surface area contributed by atoms with Crippen LogP contribution in [-0.4, -0.2) is 54.3 Å². The predicted octanol–water partition coefficient (Wildman–Crippen LogP) is 1.61. The van der Waals surface area contributed by atoms with Gasteiger partial charge in [0.25, 0.3) is 5.56 Å². The van der Waals surface area contributed by atoms with Gasteiger partial charge in [-0.3, -0.25) is 14.2 Å². The van der Waals surface area contributed by atoms with Crippen molar-refractivity contribution in [1.82, 2.24) is 9.47 Å². The Morgan fingerprint density at radius 2 is 1.71 bits per heavy atom. The first-order valence-corrected chi connectivity index (χ1v) is 12.0. The molecule has 8 heteroatoms. The van der Waals surface area contributed by atoms with Gasteiger partial charge in [-0.1, -0.05) is 54.6 Å². The number of hydrogen-bond acceptors (Lipinski definition) is 6. The fourth-order valence-corrected chi connectivity index (χ4v) is 4.71. The van der Waals surface area contributed by atoms with Crippen LogP contribution in [0.25, 0.3) is 23.3 Å². The molecule has 0 radical (unpaired) electrons. The predicted molar refractivity (Wildman–Crippen MR) is 132 cm³/mol. The van der Waals surface area contributed by atoms with Crippen LogP contribution in [0.4, 0.5) is 0 Å². The van der Waals surface area contributed by atoms with Crippen LogP contribution in [0.1, 0.15) is 12.5 Å². The zero-order valence-corrected chi connectivity index (χ0v) is 19.8. The van der Waals surface area contributed by atoms with Crippen molar-refractivity contribution in [2.24, 2.45) is 0 Å². The third-order valence-corrected chi connectivity index (χ3v) is 6.50. The van der Waals surface area contributed by atoms with E-state index in [2.05, 4.69) is 0 Å². The number of carbonyl (C=O) groups is 2. The highest BCUT2D eigenvalue weighted by molar-refractivity contribution is 7.07. The lowest BCUT2D eigenvalue weighted by Gasteiger charge is -2.26. The lowest BCUT2D eigenvalue weighted by Crippen LogP contribution is -2.45. The molecule has 2 heterocycles. The second-order valence-corrected chi connectivity index (χ2v) is 8.78. The van der Waals surface area contributed by atoms with E-state index in [-0.39, 0.29) is 24.6 Å². The first-order chi connectivity index (χ1) is 16.5. The number of ether oxygens (including phenoxy) is 2. The molecule has 0 N–H and O–H groups in total. The van der Waals surface area contributed by atoms with E-state index in [0.717, 1.165) is 16.7 Å². The van der Waals surface area contributed by atoms with Gasteiger partial charge >= 0.3 is 5.97 Å². The standard InChI is InChI=1S/C26H26N2O5S/c1-2-33-25(30)17-24-28(18-23(29)27-12-14-32-15-13-27)26(31)22(34-24)16-19-8-10-21(11-9-19)20-6-4-3-5-7-20/h3-11,16-17H,2,12-15,18H2,1H3. The monoisotopic (exact) mass is 478 g/mol. The summed E-state index contributed by atoms with van der Waals surface area (Å²) >= 11 is 1.17. The van der Waals surface area contributed by atoms with E-state index in [1.54, 1.807) is 17.9 Å². The summed E-state index contributed by atoms with van der Waals surface area (Å²) < 4.78 is 12.5. The van der Waals surface area contributed by atoms with E-state index < -0.39 is 5.97 Å². The maximum atomic E-state index is 13.2. The van der Waals surface area contributed by atoms with Crippen LogP contribution in [-0.2, 0) is 25.6 Å². The SMILES string of the molecule is CCOC(=O)C=c1sc(=Cc2ccc(-c3ccccc3)cc2)c(=O)n1CC(=O)N1CCOCC1. The van der Waals surface area contributed by atoms with Crippen LogP contribution in [0.15, 0.2) is 59.4 Å². The van der Waals surface area contributed by atoms with Gasteiger partial charge in [0.15, 0.2) is 0 Å². The molecule has 7 nitrogen and oxygen atoms in total. The highest BCUT2D eigenvalue weighted by atomic mass is 32.1. The lowest BCUT2D eigenvalue weighted by molar-refractivity contribution is -0.136. The quantitative estimate of drug-likeness (QED) is 0.503. The number of amides is 1. The van der Waals surface area contributed by atoms with Crippen molar-refractivity contribution in [3.8, 4) is 11.1 Å². The lowest BCUT2D eigenvalue weighted by atomic mass is 10.0. The van der Waals surface area contributed by atoms with Crippen LogP contribution < -0.4 is 14.8 Å². The minimum absolute atomic E-state index is 0.138. The second-order valence-electron chi connectivity index (χ2n) is 7.72. The van der Waals surface area contributed by atoms with E-state index in [1.807, 2.05) is 54.6 Å². The van der Waals surface area contributed by atoms with Crippen molar-refractivity contribution >= 4 is 35.4 Å². The molecule has 0 aliphatic carbocycles. The summed E-state index contributed by atoms with van der Waals surface area (Å²) in [6.07, 6.45) is 3.05. The Labute approximate surface area is 201 Å². The van der Waals surface area contributed by atoms with Crippen molar-refractivity contribution in [2.45, 2.75) is 13.5 Å². The highest BCUT2D eigenvalue weighted by Crippen LogP contribution is 2.19. The molecule has 1 aliphatic heterocycles. The number of rotatable bonds is 6. The molecule has 1 saturated heterocycles. The van der Waals surface area contributed by atoms with Crippen LogP contribution in [0.3, 0.4) is 0 Å². The largest absolute Gasteiger partial charge is 0.463 e. The van der Waals surface area contributed by atoms with Crippen molar-refractivity contribution < 1.29 is 19.1 Å². The van der Waals surface area contributed by atoms with Crippen molar-refractivity contribution in [3.63, 3.8) is 0 Å². The van der Waals surface area contributed by atoms with Gasteiger partial charge in [-0.25, -0.2) is 4.79 Å². The Hall–Kier alpha value is -3.49. The summed E-state index contributed by atoms with van der Waals surface area (Å²) in [7, 11) is 0. The van der Waals surface area contributed by atoms with Gasteiger partial charge in [-0.2, -0.15) is 0 Å². The second kappa shape index (κ2) is 11.1. The van der Waals surface area contributed by atoms with Crippen LogP contribution in [0.5, 0.6) is 0 Å². The first kappa shape index (κ1) is 23.7. The summed E-state index contributed by atoms with van der Waals surface area (Å²) in [6.45, 7) is 3.73. The van der Waals surface area contributed by atoms with Gasteiger partial charge in [0.2, 0.25) is 5.91 Å². The van der Waals surface area contributed by atoms with Gasteiger partial charge in [0, 0.05) is 13.1 Å². The zero-order chi connectivity index (χ0) is 23.9. The van der Waals surface area contributed by atoms with Crippen LogP contribution in [0.2, 0.25) is 0 Å². The fraction of sp³-hybridized carbons (Fsp3) is 0.269. The number of esters is 1. The highest BCUT2D eigenvalue weighted by Gasteiger charge is 2.19. The number of carbonyl (C=O) groups excluding carboxylic acids is 2. The number of hydrogen-bond donors (Lipinski definition) is 0. The minimum atomic E-state index is -0.546. The Kier molecular flexibility index (Phi) is 7.72. The van der Waals surface area contributed by atoms with E-state index in [4.69, 9.17) is 9.47 Å². The average Bonchev–Trinajstić information content (AvgIpc) is 3.14. The van der Waals surface area contributed by atoms with Crippen LogP contribution >= 0.6 is 11.3 Å². The third-order valence-electron chi connectivity index (χ3n) is 5.44. The number of benzene rings is 2. The average molecular weight is 479 g/mol. The van der Waals surface area contributed by atoms with Crippen molar-refractivity contribution in [2.75, 3.05) is 32.9 Å². The molecule has 2 aromatic carbocycles. The molecule has 0 saturated carbocycles. The van der Waals surface area contributed by atoms with Gasteiger partial charge < -0.3 is 14.4 Å². The molecule has 3 aromatic rings. The summed E-state index contributed by atoms with van der Waals surface area (Å²) in [5.41, 5.74) is 2.73. The number of nitrogens with zero attached hydrogens (tertiary/aromatic N) is 2. The summed E-state index contributed by atoms with van der Waals surface area (Å²) in [5, 5.41) is 0. The molecule has 1 fully saturated rings. The Bertz CT molecular complexity index is 1320. The van der Waals surface area contributed by atoms with E-state index >= 15 is 0 Å². The topological polar surface area (TPSA) is 77.8 Å². The number of thiazole rings is 1. The molecule has 176 valence electrons. The normalized spacial score (nSPS) is 14.9. The van der Waals surface area contributed by atoms with E-state index in [9.17, 15) is 14.4 Å². The maximum absolute atomic E-state index is 13.2. The molecule has 34 heavy (non-hydrogen) atoms. The Morgan fingerprint density at radius 3 is 2.38 bits per heavy atom. The van der Waals surface area contributed by atoms with Crippen LogP contribution in [0, 0.1) is 0 Å². The zero-order valence-electron chi connectivity index (χ0n) is 18.9. The smallest absolute Gasteiger partial charge is 0.333 e. The van der Waals surface area contributed by atoms with Gasteiger partial charge in [0.1, 0.15) is 11.2 Å². The minimum Gasteiger partial charge on any atom is -0.463 e. The summed E-state index contributed by atoms with van der Waals surface area (Å²) in [4.78, 5) is 39.8. The third kappa shape index (κ3) is 5.70. The van der Waals surface area contributed by atoms with Crippen molar-refractivity contribution in [1.29, 1.82) is 0 Å².